The number of methoxy groups -OCH3 is 2. The third-order valence-electron chi connectivity index (χ3n) is 4.92. The van der Waals surface area contributed by atoms with Crippen molar-refractivity contribution in [3.8, 4) is 11.5 Å². The molecule has 1 aliphatic heterocycles. The normalized spacial score (nSPS) is 14.8. The molecule has 2 aromatic carbocycles. The maximum atomic E-state index is 12.6. The molecule has 0 atom stereocenters. The summed E-state index contributed by atoms with van der Waals surface area (Å²) in [7, 11) is 3.09. The fraction of sp³-hybridized carbons (Fsp3) is 0.381. The van der Waals surface area contributed by atoms with Crippen molar-refractivity contribution in [1.82, 2.24) is 0 Å². The van der Waals surface area contributed by atoms with E-state index in [1.807, 2.05) is 12.1 Å². The van der Waals surface area contributed by atoms with Crippen LogP contribution >= 0.6 is 0 Å². The van der Waals surface area contributed by atoms with Crippen molar-refractivity contribution in [3.63, 3.8) is 0 Å². The smallest absolute Gasteiger partial charge is 0.259 e. The number of nitrogens with one attached hydrogen (secondary N) is 1. The predicted molar refractivity (Wildman–Crippen MR) is 105 cm³/mol. The molecule has 5 nitrogen and oxygen atoms in total. The first-order chi connectivity index (χ1) is 12.6. The van der Waals surface area contributed by atoms with Gasteiger partial charge in [0.15, 0.2) is 11.5 Å². The van der Waals surface area contributed by atoms with Crippen molar-refractivity contribution in [2.45, 2.75) is 19.8 Å². The quantitative estimate of drug-likeness (QED) is 0.875. The fourth-order valence-electron chi connectivity index (χ4n) is 3.29. The SMILES string of the molecule is COc1cccc(C(=O)Nc2ccc(N3CCC(C)CC3)cc2)c1OC. The lowest BCUT2D eigenvalue weighted by molar-refractivity contribution is 0.102. The number of amides is 1. The molecule has 26 heavy (non-hydrogen) atoms. The number of carbonyl (C=O) groups excluding carboxylic acids is 1. The molecule has 1 amide bonds. The molecule has 0 aromatic heterocycles. The van der Waals surface area contributed by atoms with Crippen LogP contribution in [0.3, 0.4) is 0 Å². The number of anilines is 2. The zero-order chi connectivity index (χ0) is 18.5. The summed E-state index contributed by atoms with van der Waals surface area (Å²) in [6.45, 7) is 4.49. The van der Waals surface area contributed by atoms with Crippen LogP contribution in [-0.4, -0.2) is 33.2 Å². The van der Waals surface area contributed by atoms with Gasteiger partial charge in [0.25, 0.3) is 5.91 Å². The Morgan fingerprint density at radius 2 is 1.73 bits per heavy atom. The molecule has 3 rings (SSSR count). The highest BCUT2D eigenvalue weighted by Crippen LogP contribution is 2.31. The molecule has 0 saturated carbocycles. The lowest BCUT2D eigenvalue weighted by Crippen LogP contribution is -2.32. The van der Waals surface area contributed by atoms with Gasteiger partial charge < -0.3 is 19.7 Å². The minimum Gasteiger partial charge on any atom is -0.493 e. The van der Waals surface area contributed by atoms with E-state index < -0.39 is 0 Å². The highest BCUT2D eigenvalue weighted by Gasteiger charge is 2.18. The van der Waals surface area contributed by atoms with Gasteiger partial charge in [0.2, 0.25) is 0 Å². The number of rotatable bonds is 5. The third kappa shape index (κ3) is 3.93. The van der Waals surface area contributed by atoms with E-state index in [9.17, 15) is 4.79 Å². The Morgan fingerprint density at radius 3 is 2.35 bits per heavy atom. The van der Waals surface area contributed by atoms with Crippen LogP contribution in [0, 0.1) is 5.92 Å². The van der Waals surface area contributed by atoms with Gasteiger partial charge >= 0.3 is 0 Å². The van der Waals surface area contributed by atoms with Crippen LogP contribution in [0.1, 0.15) is 30.1 Å². The van der Waals surface area contributed by atoms with Gasteiger partial charge in [-0.05, 0) is 55.2 Å². The van der Waals surface area contributed by atoms with Gasteiger partial charge in [-0.25, -0.2) is 0 Å². The van der Waals surface area contributed by atoms with Crippen molar-refractivity contribution < 1.29 is 14.3 Å². The number of para-hydroxylation sites is 1. The minimum absolute atomic E-state index is 0.222. The number of hydrogen-bond acceptors (Lipinski definition) is 4. The second-order valence-corrected chi connectivity index (χ2v) is 6.71. The van der Waals surface area contributed by atoms with Gasteiger partial charge in [-0.15, -0.1) is 0 Å². The van der Waals surface area contributed by atoms with Crippen molar-refractivity contribution in [1.29, 1.82) is 0 Å². The van der Waals surface area contributed by atoms with Crippen molar-refractivity contribution >= 4 is 17.3 Å². The number of nitrogens with zero attached hydrogens (tertiary/aromatic N) is 1. The van der Waals surface area contributed by atoms with Gasteiger partial charge in [-0.3, -0.25) is 4.79 Å². The largest absolute Gasteiger partial charge is 0.493 e. The Bertz CT molecular complexity index is 750. The Labute approximate surface area is 154 Å². The van der Waals surface area contributed by atoms with Crippen molar-refractivity contribution in [2.24, 2.45) is 5.92 Å². The Kier molecular flexibility index (Phi) is 5.66. The number of hydrogen-bond donors (Lipinski definition) is 1. The standard InChI is InChI=1S/C21H26N2O3/c1-15-11-13-23(14-12-15)17-9-7-16(8-10-17)22-21(24)18-5-4-6-19(25-2)20(18)26-3/h4-10,15H,11-14H2,1-3H3,(H,22,24). The molecule has 0 bridgehead atoms. The van der Waals surface area contributed by atoms with Gasteiger partial charge in [0, 0.05) is 24.5 Å². The number of carbonyl (C=O) groups is 1. The molecule has 1 N–H and O–H groups in total. The van der Waals surface area contributed by atoms with Gasteiger partial charge in [-0.1, -0.05) is 13.0 Å². The molecule has 138 valence electrons. The summed E-state index contributed by atoms with van der Waals surface area (Å²) in [4.78, 5) is 15.0. The van der Waals surface area contributed by atoms with E-state index >= 15 is 0 Å². The molecule has 1 saturated heterocycles. The fourth-order valence-corrected chi connectivity index (χ4v) is 3.29. The summed E-state index contributed by atoms with van der Waals surface area (Å²) in [5, 5.41) is 2.93. The van der Waals surface area contributed by atoms with E-state index in [4.69, 9.17) is 9.47 Å². The molecular weight excluding hydrogens is 328 g/mol. The summed E-state index contributed by atoms with van der Waals surface area (Å²) < 4.78 is 10.6. The first-order valence-corrected chi connectivity index (χ1v) is 8.99. The minimum atomic E-state index is -0.222. The molecule has 2 aromatic rings. The van der Waals surface area contributed by atoms with Crippen LogP contribution in [-0.2, 0) is 0 Å². The van der Waals surface area contributed by atoms with Crippen LogP contribution in [0.2, 0.25) is 0 Å². The topological polar surface area (TPSA) is 50.8 Å². The summed E-state index contributed by atoms with van der Waals surface area (Å²) in [6.07, 6.45) is 2.46. The molecule has 0 radical (unpaired) electrons. The average molecular weight is 354 g/mol. The molecular formula is C21H26N2O3. The molecule has 0 aliphatic carbocycles. The van der Waals surface area contributed by atoms with E-state index in [1.165, 1.54) is 25.6 Å². The lowest BCUT2D eigenvalue weighted by Gasteiger charge is -2.32. The Hall–Kier alpha value is -2.69. The summed E-state index contributed by atoms with van der Waals surface area (Å²) >= 11 is 0. The third-order valence-corrected chi connectivity index (χ3v) is 4.92. The first kappa shape index (κ1) is 18.1. The van der Waals surface area contributed by atoms with Gasteiger partial charge in [0.05, 0.1) is 19.8 Å². The zero-order valence-electron chi connectivity index (χ0n) is 15.6. The monoisotopic (exact) mass is 354 g/mol. The number of benzene rings is 2. The summed E-state index contributed by atoms with van der Waals surface area (Å²) in [6, 6.07) is 13.3. The zero-order valence-corrected chi connectivity index (χ0v) is 15.6. The average Bonchev–Trinajstić information content (AvgIpc) is 2.68. The van der Waals surface area contributed by atoms with Crippen LogP contribution < -0.4 is 19.7 Å². The van der Waals surface area contributed by atoms with Gasteiger partial charge in [0.1, 0.15) is 0 Å². The maximum absolute atomic E-state index is 12.6. The van der Waals surface area contributed by atoms with Crippen LogP contribution in [0.15, 0.2) is 42.5 Å². The molecule has 1 aliphatic rings. The lowest BCUT2D eigenvalue weighted by atomic mass is 9.99. The highest BCUT2D eigenvalue weighted by atomic mass is 16.5. The van der Waals surface area contributed by atoms with Crippen LogP contribution in [0.25, 0.3) is 0 Å². The summed E-state index contributed by atoms with van der Waals surface area (Å²) in [5.41, 5.74) is 2.41. The summed E-state index contributed by atoms with van der Waals surface area (Å²) in [5.74, 6) is 1.56. The molecule has 1 fully saturated rings. The number of piperidine rings is 1. The highest BCUT2D eigenvalue weighted by molar-refractivity contribution is 6.06. The van der Waals surface area contributed by atoms with E-state index in [0.717, 1.165) is 24.7 Å². The maximum Gasteiger partial charge on any atom is 0.259 e. The first-order valence-electron chi connectivity index (χ1n) is 8.99. The van der Waals surface area contributed by atoms with E-state index in [-0.39, 0.29) is 5.91 Å². The van der Waals surface area contributed by atoms with E-state index in [0.29, 0.717) is 17.1 Å². The number of ether oxygens (including phenoxy) is 2. The van der Waals surface area contributed by atoms with Crippen LogP contribution in [0.5, 0.6) is 11.5 Å². The Morgan fingerprint density at radius 1 is 1.04 bits per heavy atom. The second-order valence-electron chi connectivity index (χ2n) is 6.71. The van der Waals surface area contributed by atoms with Gasteiger partial charge in [-0.2, -0.15) is 0 Å². The molecule has 1 heterocycles. The second kappa shape index (κ2) is 8.13. The van der Waals surface area contributed by atoms with Crippen LogP contribution in [0.4, 0.5) is 11.4 Å². The van der Waals surface area contributed by atoms with Crippen molar-refractivity contribution in [2.75, 3.05) is 37.5 Å². The Balaban J connectivity index is 1.70. The predicted octanol–water partition coefficient (Wildman–Crippen LogP) is 4.19. The van der Waals surface area contributed by atoms with Crippen molar-refractivity contribution in [3.05, 3.63) is 48.0 Å². The molecule has 0 spiro atoms. The molecule has 5 heteroatoms. The van der Waals surface area contributed by atoms with E-state index in [2.05, 4.69) is 29.3 Å². The molecule has 0 unspecified atom stereocenters. The van der Waals surface area contributed by atoms with E-state index in [1.54, 1.807) is 25.3 Å².